The smallest absolute Gasteiger partial charge is 0.352 e. The van der Waals surface area contributed by atoms with Gasteiger partial charge < -0.3 is 11.1 Å². The van der Waals surface area contributed by atoms with Crippen molar-refractivity contribution in [3.63, 3.8) is 0 Å². The number of unbranched alkanes of at least 4 members (excludes halogenated alkanes) is 3. The second-order valence-electron chi connectivity index (χ2n) is 5.03. The Morgan fingerprint density at radius 2 is 1.82 bits per heavy atom. The molecule has 22 heavy (non-hydrogen) atoms. The summed E-state index contributed by atoms with van der Waals surface area (Å²) < 4.78 is 51.3. The molecule has 124 valence electrons. The average Bonchev–Trinajstić information content (AvgIpc) is 2.44. The molecule has 3 nitrogen and oxygen atoms in total. The molecule has 1 aromatic rings. The summed E-state index contributed by atoms with van der Waals surface area (Å²) in [4.78, 5) is 11.6. The number of nitrogens with one attached hydrogen (secondary N) is 1. The first kappa shape index (κ1) is 18.4. The average molecular weight is 320 g/mol. The van der Waals surface area contributed by atoms with Crippen LogP contribution in [0, 0.1) is 5.82 Å². The minimum absolute atomic E-state index is 0.148. The van der Waals surface area contributed by atoms with E-state index < -0.39 is 17.6 Å². The number of carbonyl (C=O) groups excluding carboxylic acids is 1. The van der Waals surface area contributed by atoms with E-state index in [0.29, 0.717) is 19.0 Å². The van der Waals surface area contributed by atoms with Gasteiger partial charge in [-0.1, -0.05) is 18.9 Å². The van der Waals surface area contributed by atoms with Gasteiger partial charge in [-0.2, -0.15) is 13.2 Å². The van der Waals surface area contributed by atoms with Gasteiger partial charge in [0.1, 0.15) is 5.82 Å². The number of rotatable bonds is 8. The maximum absolute atomic E-state index is 12.9. The van der Waals surface area contributed by atoms with Crippen molar-refractivity contribution in [1.82, 2.24) is 5.32 Å². The molecule has 0 spiro atoms. The highest BCUT2D eigenvalue weighted by Crippen LogP contribution is 2.32. The van der Waals surface area contributed by atoms with Crippen molar-refractivity contribution >= 4 is 5.91 Å². The van der Waals surface area contributed by atoms with Crippen molar-refractivity contribution in [2.75, 3.05) is 6.54 Å². The predicted molar refractivity (Wildman–Crippen MR) is 75.4 cm³/mol. The van der Waals surface area contributed by atoms with E-state index in [1.807, 2.05) is 0 Å². The van der Waals surface area contributed by atoms with Crippen LogP contribution in [-0.2, 0) is 17.5 Å². The molecule has 0 fully saturated rings. The van der Waals surface area contributed by atoms with Gasteiger partial charge in [-0.25, -0.2) is 4.39 Å². The molecular formula is C15H20F4N2O. The molecule has 0 unspecified atom stereocenters. The quantitative estimate of drug-likeness (QED) is 0.570. The van der Waals surface area contributed by atoms with E-state index in [0.717, 1.165) is 31.4 Å². The fourth-order valence-electron chi connectivity index (χ4n) is 2.03. The van der Waals surface area contributed by atoms with Crippen molar-refractivity contribution in [2.24, 2.45) is 5.73 Å². The molecule has 0 heterocycles. The molecule has 0 atom stereocenters. The third kappa shape index (κ3) is 6.43. The van der Waals surface area contributed by atoms with Crippen LogP contribution in [0.5, 0.6) is 0 Å². The molecule has 7 heteroatoms. The second kappa shape index (κ2) is 8.73. The molecule has 1 amide bonds. The van der Waals surface area contributed by atoms with Crippen molar-refractivity contribution < 1.29 is 22.4 Å². The lowest BCUT2D eigenvalue weighted by molar-refractivity contribution is -0.138. The molecule has 0 aliphatic carbocycles. The monoisotopic (exact) mass is 320 g/mol. The lowest BCUT2D eigenvalue weighted by Gasteiger charge is -2.13. The highest BCUT2D eigenvalue weighted by molar-refractivity contribution is 5.75. The van der Waals surface area contributed by atoms with Crippen LogP contribution in [0.15, 0.2) is 18.2 Å². The zero-order valence-electron chi connectivity index (χ0n) is 12.2. The van der Waals surface area contributed by atoms with Crippen LogP contribution < -0.4 is 11.1 Å². The Kier molecular flexibility index (Phi) is 7.31. The maximum Gasteiger partial charge on any atom is 0.416 e. The van der Waals surface area contributed by atoms with E-state index in [-0.39, 0.29) is 24.4 Å². The maximum atomic E-state index is 12.9. The highest BCUT2D eigenvalue weighted by atomic mass is 19.4. The zero-order chi connectivity index (χ0) is 16.6. The van der Waals surface area contributed by atoms with Crippen molar-refractivity contribution in [1.29, 1.82) is 0 Å². The summed E-state index contributed by atoms with van der Waals surface area (Å²) in [6.45, 7) is 0.341. The van der Waals surface area contributed by atoms with E-state index in [4.69, 9.17) is 5.73 Å². The largest absolute Gasteiger partial charge is 0.416 e. The summed E-state index contributed by atoms with van der Waals surface area (Å²) in [5.74, 6) is -1.27. The van der Waals surface area contributed by atoms with Crippen LogP contribution in [0.3, 0.4) is 0 Å². The first-order valence-corrected chi connectivity index (χ1v) is 7.17. The zero-order valence-corrected chi connectivity index (χ0v) is 12.2. The SMILES string of the molecule is NCCCCCCC(=O)NCc1ccc(F)cc1C(F)(F)F. The van der Waals surface area contributed by atoms with E-state index in [1.54, 1.807) is 0 Å². The molecule has 1 rings (SSSR count). The standard InChI is InChI=1S/C15H20F4N2O/c16-12-7-6-11(13(9-12)15(17,18)19)10-21-14(22)5-3-1-2-4-8-20/h6-7,9H,1-5,8,10,20H2,(H,21,22). The number of nitrogens with two attached hydrogens (primary N) is 1. The third-order valence-corrected chi connectivity index (χ3v) is 3.21. The number of alkyl halides is 3. The van der Waals surface area contributed by atoms with Gasteiger partial charge >= 0.3 is 6.18 Å². The Morgan fingerprint density at radius 1 is 1.14 bits per heavy atom. The van der Waals surface area contributed by atoms with Crippen molar-refractivity contribution in [3.05, 3.63) is 35.1 Å². The fraction of sp³-hybridized carbons (Fsp3) is 0.533. The Balaban J connectivity index is 2.49. The van der Waals surface area contributed by atoms with Gasteiger partial charge in [0.25, 0.3) is 0 Å². The van der Waals surface area contributed by atoms with Crippen LogP contribution in [0.25, 0.3) is 0 Å². The van der Waals surface area contributed by atoms with Crippen LogP contribution in [0.1, 0.15) is 43.2 Å². The summed E-state index contributed by atoms with van der Waals surface area (Å²) in [5, 5.41) is 2.44. The van der Waals surface area contributed by atoms with Crippen LogP contribution in [0.2, 0.25) is 0 Å². The van der Waals surface area contributed by atoms with Gasteiger partial charge in [-0.15, -0.1) is 0 Å². The molecule has 0 radical (unpaired) electrons. The fourth-order valence-corrected chi connectivity index (χ4v) is 2.03. The van der Waals surface area contributed by atoms with Gasteiger partial charge in [-0.3, -0.25) is 4.79 Å². The van der Waals surface area contributed by atoms with Gasteiger partial charge in [0.2, 0.25) is 5.91 Å². The molecule has 3 N–H and O–H groups in total. The summed E-state index contributed by atoms with van der Waals surface area (Å²) in [6.07, 6.45) is -1.04. The lowest BCUT2D eigenvalue weighted by atomic mass is 10.1. The molecule has 0 aliphatic rings. The number of halogens is 4. The molecular weight excluding hydrogens is 300 g/mol. The molecule has 0 saturated heterocycles. The van der Waals surface area contributed by atoms with Gasteiger partial charge in [0, 0.05) is 13.0 Å². The van der Waals surface area contributed by atoms with E-state index in [2.05, 4.69) is 5.32 Å². The van der Waals surface area contributed by atoms with E-state index in [9.17, 15) is 22.4 Å². The number of benzene rings is 1. The van der Waals surface area contributed by atoms with E-state index in [1.165, 1.54) is 0 Å². The topological polar surface area (TPSA) is 55.1 Å². The molecule has 1 aromatic carbocycles. The normalized spacial score (nSPS) is 11.5. The number of amides is 1. The number of carbonyl (C=O) groups is 1. The van der Waals surface area contributed by atoms with E-state index >= 15 is 0 Å². The third-order valence-electron chi connectivity index (χ3n) is 3.21. The Hall–Kier alpha value is -1.63. The summed E-state index contributed by atoms with van der Waals surface area (Å²) in [5.41, 5.74) is 4.14. The molecule has 0 aromatic heterocycles. The molecule has 0 bridgehead atoms. The minimum atomic E-state index is -4.65. The highest BCUT2D eigenvalue weighted by Gasteiger charge is 2.33. The Labute approximate surface area is 126 Å². The molecule has 0 aliphatic heterocycles. The van der Waals surface area contributed by atoms with Gasteiger partial charge in [-0.05, 0) is 37.1 Å². The van der Waals surface area contributed by atoms with Crippen molar-refractivity contribution in [3.8, 4) is 0 Å². The predicted octanol–water partition coefficient (Wildman–Crippen LogP) is 3.37. The second-order valence-corrected chi connectivity index (χ2v) is 5.03. The van der Waals surface area contributed by atoms with Gasteiger partial charge in [0.05, 0.1) is 5.56 Å². The van der Waals surface area contributed by atoms with Crippen molar-refractivity contribution in [2.45, 2.75) is 44.8 Å². The Morgan fingerprint density at radius 3 is 2.45 bits per heavy atom. The first-order valence-electron chi connectivity index (χ1n) is 7.17. The Bertz CT molecular complexity index is 489. The first-order chi connectivity index (χ1) is 10.3. The summed E-state index contributed by atoms with van der Waals surface area (Å²) in [6, 6.07) is 2.43. The summed E-state index contributed by atoms with van der Waals surface area (Å²) in [7, 11) is 0. The van der Waals surface area contributed by atoms with Crippen LogP contribution >= 0.6 is 0 Å². The number of hydrogen-bond acceptors (Lipinski definition) is 2. The van der Waals surface area contributed by atoms with Crippen LogP contribution in [0.4, 0.5) is 17.6 Å². The number of hydrogen-bond donors (Lipinski definition) is 2. The molecule has 0 saturated carbocycles. The van der Waals surface area contributed by atoms with Gasteiger partial charge in [0.15, 0.2) is 0 Å². The lowest BCUT2D eigenvalue weighted by Crippen LogP contribution is -2.24. The summed E-state index contributed by atoms with van der Waals surface area (Å²) >= 11 is 0. The minimum Gasteiger partial charge on any atom is -0.352 e. The van der Waals surface area contributed by atoms with Crippen LogP contribution in [-0.4, -0.2) is 12.5 Å².